The fourth-order valence-electron chi connectivity index (χ4n) is 0.969. The molecule has 0 saturated heterocycles. The van der Waals surface area contributed by atoms with Gasteiger partial charge in [0.25, 0.3) is 0 Å². The predicted octanol–water partition coefficient (Wildman–Crippen LogP) is 3.78. The normalized spacial score (nSPS) is 11.0. The molecule has 21 heavy (non-hydrogen) atoms. The second-order valence-corrected chi connectivity index (χ2v) is 3.92. The second-order valence-electron chi connectivity index (χ2n) is 3.92. The summed E-state index contributed by atoms with van der Waals surface area (Å²) in [5.74, 6) is 0. The molecule has 0 aliphatic rings. The van der Waals surface area contributed by atoms with E-state index in [1.807, 2.05) is 31.2 Å². The van der Waals surface area contributed by atoms with E-state index >= 15 is 0 Å². The van der Waals surface area contributed by atoms with Crippen LogP contribution in [0.3, 0.4) is 0 Å². The predicted molar refractivity (Wildman–Crippen MR) is 93.3 cm³/mol. The molecule has 0 unspecified atom stereocenters. The van der Waals surface area contributed by atoms with Gasteiger partial charge >= 0.3 is 0 Å². The van der Waals surface area contributed by atoms with Crippen molar-refractivity contribution in [3.8, 4) is 0 Å². The first-order valence-electron chi connectivity index (χ1n) is 7.65. The molecule has 0 fully saturated rings. The molecule has 0 spiro atoms. The molecule has 0 aromatic carbocycles. The summed E-state index contributed by atoms with van der Waals surface area (Å²) in [6.45, 7) is 6.76. The Morgan fingerprint density at radius 2 is 1.14 bits per heavy atom. The van der Waals surface area contributed by atoms with E-state index in [0.717, 1.165) is 25.7 Å². The van der Waals surface area contributed by atoms with Crippen molar-refractivity contribution in [1.29, 1.82) is 0 Å². The quantitative estimate of drug-likeness (QED) is 0.472. The summed E-state index contributed by atoms with van der Waals surface area (Å²) in [5, 5.41) is 24.7. The highest BCUT2D eigenvalue weighted by Gasteiger charge is 1.69. The molecule has 0 atom stereocenters. The maximum Gasteiger partial charge on any atom is 0.0615 e. The number of hydrogen-bond acceptors (Lipinski definition) is 3. The Bertz CT molecular complexity index is 237. The van der Waals surface area contributed by atoms with E-state index in [1.165, 1.54) is 0 Å². The zero-order valence-electron chi connectivity index (χ0n) is 13.9. The van der Waals surface area contributed by atoms with E-state index in [0.29, 0.717) is 0 Å². The molecule has 124 valence electrons. The molecule has 0 amide bonds. The van der Waals surface area contributed by atoms with Crippen LogP contribution in [0.15, 0.2) is 48.6 Å². The van der Waals surface area contributed by atoms with Crippen LogP contribution in [-0.4, -0.2) is 35.1 Å². The van der Waals surface area contributed by atoms with Gasteiger partial charge in [0, 0.05) is 13.2 Å². The average molecular weight is 298 g/mol. The van der Waals surface area contributed by atoms with Crippen LogP contribution < -0.4 is 0 Å². The Morgan fingerprint density at radius 3 is 1.43 bits per heavy atom. The molecule has 3 nitrogen and oxygen atoms in total. The van der Waals surface area contributed by atoms with E-state index in [4.69, 9.17) is 15.3 Å². The van der Waals surface area contributed by atoms with Crippen LogP contribution in [0, 0.1) is 0 Å². The third-order valence-corrected chi connectivity index (χ3v) is 1.94. The molecule has 0 aromatic heterocycles. The van der Waals surface area contributed by atoms with Crippen molar-refractivity contribution in [2.75, 3.05) is 19.8 Å². The van der Waals surface area contributed by atoms with Crippen molar-refractivity contribution in [2.45, 2.75) is 46.5 Å². The van der Waals surface area contributed by atoms with Gasteiger partial charge in [-0.3, -0.25) is 0 Å². The highest BCUT2D eigenvalue weighted by Crippen LogP contribution is 1.83. The molecule has 3 N–H and O–H groups in total. The molecule has 0 bridgehead atoms. The maximum absolute atomic E-state index is 8.24. The molecule has 0 aliphatic heterocycles. The molecular formula is C18H34O3. The van der Waals surface area contributed by atoms with Gasteiger partial charge in [-0.1, -0.05) is 62.5 Å². The maximum atomic E-state index is 8.24. The first kappa shape index (κ1) is 24.8. The summed E-state index contributed by atoms with van der Waals surface area (Å²) in [6.07, 6.45) is 19.1. The highest BCUT2D eigenvalue weighted by molar-refractivity contribution is 5.00. The van der Waals surface area contributed by atoms with Gasteiger partial charge in [-0.2, -0.15) is 0 Å². The molecule has 0 rings (SSSR count). The van der Waals surface area contributed by atoms with Crippen LogP contribution in [0.5, 0.6) is 0 Å². The highest BCUT2D eigenvalue weighted by atomic mass is 16.3. The van der Waals surface area contributed by atoms with Crippen molar-refractivity contribution >= 4 is 0 Å². The summed E-state index contributed by atoms with van der Waals surface area (Å²) < 4.78 is 0. The van der Waals surface area contributed by atoms with Crippen molar-refractivity contribution in [2.24, 2.45) is 0 Å². The van der Waals surface area contributed by atoms with Gasteiger partial charge in [0.15, 0.2) is 0 Å². The van der Waals surface area contributed by atoms with Gasteiger partial charge in [0.05, 0.1) is 6.61 Å². The number of allylic oxidation sites excluding steroid dienone is 5. The molecule has 0 aromatic rings. The van der Waals surface area contributed by atoms with Crippen LogP contribution in [0.4, 0.5) is 0 Å². The summed E-state index contributed by atoms with van der Waals surface area (Å²) in [6, 6.07) is 0. The van der Waals surface area contributed by atoms with Crippen molar-refractivity contribution in [3.63, 3.8) is 0 Å². The first-order chi connectivity index (χ1) is 10.2. The summed E-state index contributed by atoms with van der Waals surface area (Å²) >= 11 is 0. The lowest BCUT2D eigenvalue weighted by Gasteiger charge is -1.79. The molecule has 0 heterocycles. The van der Waals surface area contributed by atoms with E-state index < -0.39 is 0 Å². The van der Waals surface area contributed by atoms with Gasteiger partial charge < -0.3 is 15.3 Å². The second kappa shape index (κ2) is 31.3. The number of aliphatic hydroxyl groups is 3. The third-order valence-electron chi connectivity index (χ3n) is 1.94. The lowest BCUT2D eigenvalue weighted by Crippen LogP contribution is -1.73. The van der Waals surface area contributed by atoms with Crippen LogP contribution in [-0.2, 0) is 0 Å². The molecule has 0 aliphatic carbocycles. The summed E-state index contributed by atoms with van der Waals surface area (Å²) in [7, 11) is 0. The first-order valence-corrected chi connectivity index (χ1v) is 7.65. The minimum absolute atomic E-state index is 0.129. The Hall–Kier alpha value is -1.16. The number of aliphatic hydroxyl groups excluding tert-OH is 3. The molecule has 3 heteroatoms. The average Bonchev–Trinajstić information content (AvgIpc) is 2.50. The molecular weight excluding hydrogens is 264 g/mol. The van der Waals surface area contributed by atoms with Crippen molar-refractivity contribution in [3.05, 3.63) is 48.6 Å². The van der Waals surface area contributed by atoms with E-state index in [-0.39, 0.29) is 19.8 Å². The number of rotatable bonds is 8. The Morgan fingerprint density at radius 1 is 0.667 bits per heavy atom. The van der Waals surface area contributed by atoms with E-state index in [9.17, 15) is 0 Å². The van der Waals surface area contributed by atoms with Gasteiger partial charge in [-0.25, -0.2) is 0 Å². The SMILES string of the molecule is C/C=C/C=C/CO.CC/C=C/CCO.CC/C=C\CCO. The molecule has 0 radical (unpaired) electrons. The smallest absolute Gasteiger partial charge is 0.0615 e. The minimum atomic E-state index is 0.129. The van der Waals surface area contributed by atoms with Crippen LogP contribution in [0.1, 0.15) is 46.5 Å². The Labute approximate surface area is 131 Å². The van der Waals surface area contributed by atoms with Gasteiger partial charge in [-0.05, 0) is 32.6 Å². The lowest BCUT2D eigenvalue weighted by molar-refractivity contribution is 0.302. The monoisotopic (exact) mass is 298 g/mol. The zero-order valence-corrected chi connectivity index (χ0v) is 13.9. The Balaban J connectivity index is -0.000000231. The van der Waals surface area contributed by atoms with Crippen molar-refractivity contribution < 1.29 is 15.3 Å². The van der Waals surface area contributed by atoms with Gasteiger partial charge in [0.2, 0.25) is 0 Å². The number of hydrogen-bond donors (Lipinski definition) is 3. The van der Waals surface area contributed by atoms with E-state index in [1.54, 1.807) is 12.2 Å². The fourth-order valence-corrected chi connectivity index (χ4v) is 0.969. The molecule has 0 saturated carbocycles. The topological polar surface area (TPSA) is 60.7 Å². The van der Waals surface area contributed by atoms with Crippen LogP contribution in [0.25, 0.3) is 0 Å². The van der Waals surface area contributed by atoms with Crippen molar-refractivity contribution in [1.82, 2.24) is 0 Å². The van der Waals surface area contributed by atoms with E-state index in [2.05, 4.69) is 26.0 Å². The van der Waals surface area contributed by atoms with Crippen LogP contribution >= 0.6 is 0 Å². The van der Waals surface area contributed by atoms with Crippen LogP contribution in [0.2, 0.25) is 0 Å². The van der Waals surface area contributed by atoms with Gasteiger partial charge in [0.1, 0.15) is 0 Å². The lowest BCUT2D eigenvalue weighted by atomic mass is 10.3. The zero-order chi connectivity index (χ0) is 16.6. The third kappa shape index (κ3) is 45.5. The Kier molecular flexibility index (Phi) is 37.0. The standard InChI is InChI=1S/2C6H12O.C6H10O/c3*1-2-3-4-5-6-7/h2*3-4,7H,2,5-6H2,1H3;2-5,7H,6H2,1H3/b4-3+;4-3-;3-2+,5-4+. The summed E-state index contributed by atoms with van der Waals surface area (Å²) in [5.41, 5.74) is 0. The largest absolute Gasteiger partial charge is 0.396 e. The minimum Gasteiger partial charge on any atom is -0.396 e. The summed E-state index contributed by atoms with van der Waals surface area (Å²) in [4.78, 5) is 0. The fraction of sp³-hybridized carbons (Fsp3) is 0.556. The van der Waals surface area contributed by atoms with Gasteiger partial charge in [-0.15, -0.1) is 0 Å².